The maximum Gasteiger partial charge on any atom is 0.214 e. The van der Waals surface area contributed by atoms with Crippen LogP contribution in [0.25, 0.3) is 11.4 Å². The summed E-state index contributed by atoms with van der Waals surface area (Å²) in [6, 6.07) is 23.7. The molecule has 0 fully saturated rings. The van der Waals surface area contributed by atoms with E-state index in [0.717, 1.165) is 44.7 Å². The zero-order valence-corrected chi connectivity index (χ0v) is 21.2. The molecule has 0 saturated carbocycles. The van der Waals surface area contributed by atoms with Gasteiger partial charge in [-0.1, -0.05) is 47.8 Å². The molecule has 0 amide bonds. The van der Waals surface area contributed by atoms with E-state index in [0.29, 0.717) is 0 Å². The van der Waals surface area contributed by atoms with Crippen LogP contribution >= 0.6 is 23.5 Å². The summed E-state index contributed by atoms with van der Waals surface area (Å²) in [5.41, 5.74) is 4.13. The molecule has 36 heavy (non-hydrogen) atoms. The molecule has 5 aromatic rings. The lowest BCUT2D eigenvalue weighted by Crippen LogP contribution is -1.99. The van der Waals surface area contributed by atoms with Crippen molar-refractivity contribution in [3.05, 3.63) is 83.9 Å². The van der Waals surface area contributed by atoms with Gasteiger partial charge in [0.15, 0.2) is 0 Å². The Balaban J connectivity index is 1.18. The van der Waals surface area contributed by atoms with E-state index in [1.54, 1.807) is 47.1 Å². The van der Waals surface area contributed by atoms with Crippen LogP contribution < -0.4 is 9.47 Å². The number of ether oxygens (including phenoxy) is 2. The molecule has 0 spiro atoms. The van der Waals surface area contributed by atoms with Gasteiger partial charge in [-0.2, -0.15) is 9.36 Å². The molecule has 0 saturated heterocycles. The highest BCUT2D eigenvalue weighted by Crippen LogP contribution is 2.26. The van der Waals surface area contributed by atoms with Gasteiger partial charge in [-0.25, -0.2) is 0 Å². The number of methoxy groups -OCH3 is 2. The quantitative estimate of drug-likeness (QED) is 0.249. The average molecular weight is 519 g/mol. The molecule has 0 unspecified atom stereocenters. The highest BCUT2D eigenvalue weighted by Gasteiger charge is 2.11. The van der Waals surface area contributed by atoms with Crippen molar-refractivity contribution in [1.82, 2.24) is 40.4 Å². The number of hydrogen-bond acceptors (Lipinski definition) is 10. The van der Waals surface area contributed by atoms with Gasteiger partial charge in [0.25, 0.3) is 0 Å². The standard InChI is InChI=1S/C24H22N8O2S2/c1-33-21-11-7-19(8-12-21)31-23(25-27-29-31)35-15-17-3-5-18(6-4-17)16-36-24-26-28-30-32(24)20-9-13-22(34-2)14-10-20/h3-14H,15-16H2,1-2H3. The van der Waals surface area contributed by atoms with Crippen molar-refractivity contribution in [2.24, 2.45) is 0 Å². The number of tetrazole rings is 2. The van der Waals surface area contributed by atoms with Crippen LogP contribution in [-0.4, -0.2) is 54.6 Å². The first-order valence-corrected chi connectivity index (χ1v) is 12.9. The Morgan fingerprint density at radius 2 is 0.972 bits per heavy atom. The molecule has 0 aliphatic rings. The minimum atomic E-state index is 0.727. The molecule has 0 aliphatic heterocycles. The van der Waals surface area contributed by atoms with Gasteiger partial charge in [-0.15, -0.1) is 10.2 Å². The molecule has 3 aromatic carbocycles. The van der Waals surface area contributed by atoms with Gasteiger partial charge in [0.1, 0.15) is 11.5 Å². The summed E-state index contributed by atoms with van der Waals surface area (Å²) < 4.78 is 13.9. The van der Waals surface area contributed by atoms with Crippen molar-refractivity contribution in [1.29, 1.82) is 0 Å². The van der Waals surface area contributed by atoms with E-state index in [2.05, 4.69) is 55.3 Å². The maximum absolute atomic E-state index is 5.22. The van der Waals surface area contributed by atoms with E-state index < -0.39 is 0 Å². The van der Waals surface area contributed by atoms with Crippen molar-refractivity contribution >= 4 is 23.5 Å². The van der Waals surface area contributed by atoms with Crippen molar-refractivity contribution in [3.63, 3.8) is 0 Å². The van der Waals surface area contributed by atoms with Crippen LogP contribution in [0.1, 0.15) is 11.1 Å². The molecule has 0 atom stereocenters. The number of aromatic nitrogens is 8. The molecular weight excluding hydrogens is 496 g/mol. The predicted octanol–water partition coefficient (Wildman–Crippen LogP) is 4.24. The fourth-order valence-electron chi connectivity index (χ4n) is 3.34. The van der Waals surface area contributed by atoms with Crippen LogP contribution in [-0.2, 0) is 11.5 Å². The van der Waals surface area contributed by atoms with Crippen molar-refractivity contribution in [2.45, 2.75) is 21.8 Å². The molecule has 2 aromatic heterocycles. The van der Waals surface area contributed by atoms with E-state index in [-0.39, 0.29) is 0 Å². The zero-order chi connectivity index (χ0) is 24.7. The fourth-order valence-corrected chi connectivity index (χ4v) is 5.03. The molecule has 182 valence electrons. The first kappa shape index (κ1) is 23.8. The summed E-state index contributed by atoms with van der Waals surface area (Å²) in [4.78, 5) is 0. The molecular formula is C24H22N8O2S2. The Bertz CT molecular complexity index is 1290. The summed E-state index contributed by atoms with van der Waals surface area (Å²) in [7, 11) is 3.28. The van der Waals surface area contributed by atoms with Crippen molar-refractivity contribution in [3.8, 4) is 22.9 Å². The predicted molar refractivity (Wildman–Crippen MR) is 137 cm³/mol. The molecule has 12 heteroatoms. The number of rotatable bonds is 10. The van der Waals surface area contributed by atoms with Crippen LogP contribution in [0.4, 0.5) is 0 Å². The minimum Gasteiger partial charge on any atom is -0.497 e. The van der Waals surface area contributed by atoms with E-state index in [4.69, 9.17) is 9.47 Å². The monoisotopic (exact) mass is 518 g/mol. The van der Waals surface area contributed by atoms with E-state index in [1.807, 2.05) is 48.5 Å². The lowest BCUT2D eigenvalue weighted by atomic mass is 10.2. The van der Waals surface area contributed by atoms with Gasteiger partial charge in [0, 0.05) is 11.5 Å². The molecule has 10 nitrogen and oxygen atoms in total. The second kappa shape index (κ2) is 11.2. The highest BCUT2D eigenvalue weighted by molar-refractivity contribution is 7.98. The molecule has 2 heterocycles. The average Bonchev–Trinajstić information content (AvgIpc) is 3.61. The lowest BCUT2D eigenvalue weighted by molar-refractivity contribution is 0.414. The van der Waals surface area contributed by atoms with Gasteiger partial charge in [-0.3, -0.25) is 0 Å². The summed E-state index contributed by atoms with van der Waals surface area (Å²) >= 11 is 3.17. The van der Waals surface area contributed by atoms with Crippen LogP contribution in [0.2, 0.25) is 0 Å². The van der Waals surface area contributed by atoms with Crippen molar-refractivity contribution in [2.75, 3.05) is 14.2 Å². The summed E-state index contributed by atoms with van der Waals surface area (Å²) in [5, 5.41) is 25.7. The van der Waals surface area contributed by atoms with Gasteiger partial charge >= 0.3 is 0 Å². The number of thioether (sulfide) groups is 2. The zero-order valence-electron chi connectivity index (χ0n) is 19.6. The third-order valence-electron chi connectivity index (χ3n) is 5.27. The van der Waals surface area contributed by atoms with E-state index in [9.17, 15) is 0 Å². The largest absolute Gasteiger partial charge is 0.497 e. The Hall–Kier alpha value is -3.90. The van der Waals surface area contributed by atoms with Crippen molar-refractivity contribution < 1.29 is 9.47 Å². The molecule has 0 bridgehead atoms. The van der Waals surface area contributed by atoms with E-state index in [1.165, 1.54) is 11.1 Å². The van der Waals surface area contributed by atoms with Crippen LogP contribution in [0, 0.1) is 0 Å². The third-order valence-corrected chi connectivity index (χ3v) is 7.26. The highest BCUT2D eigenvalue weighted by atomic mass is 32.2. The van der Waals surface area contributed by atoms with Crippen LogP contribution in [0.5, 0.6) is 11.5 Å². The van der Waals surface area contributed by atoms with Crippen LogP contribution in [0.15, 0.2) is 83.1 Å². The first-order chi connectivity index (χ1) is 17.7. The van der Waals surface area contributed by atoms with Gasteiger partial charge in [-0.05, 0) is 80.5 Å². The normalized spacial score (nSPS) is 10.9. The number of benzene rings is 3. The number of nitrogens with zero attached hydrogens (tertiary/aromatic N) is 8. The topological polar surface area (TPSA) is 106 Å². The minimum absolute atomic E-state index is 0.727. The van der Waals surface area contributed by atoms with E-state index >= 15 is 0 Å². The van der Waals surface area contributed by atoms with Gasteiger partial charge in [0.2, 0.25) is 10.3 Å². The summed E-state index contributed by atoms with van der Waals surface area (Å²) in [5.74, 6) is 3.08. The Morgan fingerprint density at radius 3 is 1.33 bits per heavy atom. The molecule has 5 rings (SSSR count). The Labute approximate surface area is 216 Å². The number of hydrogen-bond donors (Lipinski definition) is 0. The van der Waals surface area contributed by atoms with Gasteiger partial charge < -0.3 is 9.47 Å². The Morgan fingerprint density at radius 1 is 0.583 bits per heavy atom. The lowest BCUT2D eigenvalue weighted by Gasteiger charge is -2.07. The SMILES string of the molecule is COc1ccc(-n2nnnc2SCc2ccc(CSc3nnnn3-c3ccc(OC)cc3)cc2)cc1. The van der Waals surface area contributed by atoms with Crippen LogP contribution in [0.3, 0.4) is 0 Å². The smallest absolute Gasteiger partial charge is 0.214 e. The molecule has 0 N–H and O–H groups in total. The molecule has 0 aliphatic carbocycles. The maximum atomic E-state index is 5.22. The summed E-state index contributed by atoms with van der Waals surface area (Å²) in [6.45, 7) is 0. The summed E-state index contributed by atoms with van der Waals surface area (Å²) in [6.07, 6.45) is 0. The first-order valence-electron chi connectivity index (χ1n) is 10.9. The second-order valence-corrected chi connectivity index (χ2v) is 9.42. The third kappa shape index (κ3) is 5.50. The Kier molecular flexibility index (Phi) is 7.43. The fraction of sp³-hybridized carbons (Fsp3) is 0.167. The second-order valence-electron chi connectivity index (χ2n) is 7.54. The van der Waals surface area contributed by atoms with Gasteiger partial charge in [0.05, 0.1) is 25.6 Å². The molecule has 0 radical (unpaired) electrons.